The van der Waals surface area contributed by atoms with Crippen molar-refractivity contribution >= 4 is 5.78 Å². The number of hydrogen-bond donors (Lipinski definition) is 0. The topological polar surface area (TPSA) is 56.0 Å². The Hall–Kier alpha value is -2.30. The highest BCUT2D eigenvalue weighted by molar-refractivity contribution is 5.51. The quantitative estimate of drug-likeness (QED) is 0.702. The highest BCUT2D eigenvalue weighted by Gasteiger charge is 2.08. The second-order valence-corrected chi connectivity index (χ2v) is 4.06. The molecule has 0 spiro atoms. The molecule has 5 nitrogen and oxygen atoms in total. The largest absolute Gasteiger partial charge is 0.253 e. The lowest BCUT2D eigenvalue weighted by atomic mass is 10.2. The van der Waals surface area contributed by atoms with Gasteiger partial charge in [0.15, 0.2) is 0 Å². The van der Waals surface area contributed by atoms with E-state index in [0.29, 0.717) is 11.6 Å². The predicted octanol–water partition coefficient (Wildman–Crippen LogP) is 2.14. The van der Waals surface area contributed by atoms with E-state index < -0.39 is 0 Å². The Labute approximate surface area is 105 Å². The zero-order chi connectivity index (χ0) is 12.4. The second kappa shape index (κ2) is 4.52. The number of hydrogen-bond acceptors (Lipinski definition) is 4. The van der Waals surface area contributed by atoms with E-state index in [9.17, 15) is 0 Å². The summed E-state index contributed by atoms with van der Waals surface area (Å²) in [6.07, 6.45) is 5.66. The summed E-state index contributed by atoms with van der Waals surface area (Å²) >= 11 is 0. The molecule has 0 atom stereocenters. The zero-order valence-corrected chi connectivity index (χ0v) is 10.1. The van der Waals surface area contributed by atoms with E-state index in [1.165, 1.54) is 0 Å². The van der Waals surface area contributed by atoms with Crippen LogP contribution in [0.15, 0.2) is 36.7 Å². The fourth-order valence-electron chi connectivity index (χ4n) is 1.81. The number of nitrogens with zero attached hydrogens (tertiary/aromatic N) is 5. The van der Waals surface area contributed by atoms with Crippen molar-refractivity contribution in [3.63, 3.8) is 0 Å². The average molecular weight is 239 g/mol. The van der Waals surface area contributed by atoms with Crippen LogP contribution >= 0.6 is 0 Å². The molecule has 0 aliphatic rings. The summed E-state index contributed by atoms with van der Waals surface area (Å²) < 4.78 is 1.68. The third-order valence-electron chi connectivity index (χ3n) is 2.67. The lowest BCUT2D eigenvalue weighted by Gasteiger charge is -1.96. The van der Waals surface area contributed by atoms with Gasteiger partial charge in [0, 0.05) is 18.1 Å². The lowest BCUT2D eigenvalue weighted by molar-refractivity contribution is 0.856. The normalized spacial score (nSPS) is 10.9. The van der Waals surface area contributed by atoms with Crippen molar-refractivity contribution in [1.29, 1.82) is 0 Å². The van der Waals surface area contributed by atoms with Gasteiger partial charge in [-0.3, -0.25) is 4.98 Å². The van der Waals surface area contributed by atoms with Crippen LogP contribution in [0.5, 0.6) is 0 Å². The molecule has 3 heterocycles. The fourth-order valence-corrected chi connectivity index (χ4v) is 1.81. The molecule has 0 aromatic carbocycles. The summed E-state index contributed by atoms with van der Waals surface area (Å²) in [5, 5.41) is 4.36. The summed E-state index contributed by atoms with van der Waals surface area (Å²) in [4.78, 5) is 13.1. The average Bonchev–Trinajstić information content (AvgIpc) is 2.83. The summed E-state index contributed by atoms with van der Waals surface area (Å²) in [6.45, 7) is 2.13. The van der Waals surface area contributed by atoms with Crippen LogP contribution in [0.3, 0.4) is 0 Å². The summed E-state index contributed by atoms with van der Waals surface area (Å²) in [7, 11) is 0. The highest BCUT2D eigenvalue weighted by atomic mass is 15.3. The van der Waals surface area contributed by atoms with E-state index in [2.05, 4.69) is 27.0 Å². The molecule has 0 radical (unpaired) electrons. The summed E-state index contributed by atoms with van der Waals surface area (Å²) in [5.41, 5.74) is 1.81. The van der Waals surface area contributed by atoms with Gasteiger partial charge in [0.05, 0.1) is 0 Å². The van der Waals surface area contributed by atoms with Crippen LogP contribution in [0.1, 0.15) is 19.0 Å². The van der Waals surface area contributed by atoms with Gasteiger partial charge in [-0.1, -0.05) is 19.4 Å². The Kier molecular flexibility index (Phi) is 2.72. The molecule has 3 rings (SSSR count). The van der Waals surface area contributed by atoms with Gasteiger partial charge in [-0.2, -0.15) is 4.98 Å². The standard InChI is InChI=1S/C13H13N5/c1-2-5-10-7-9-18-13(15-10)16-12(17-18)11-6-3-4-8-14-11/h3-4,6-9H,2,5H2,1H3. The Balaban J connectivity index is 2.06. The molecule has 3 aromatic rings. The van der Waals surface area contributed by atoms with Crippen LogP contribution in [-0.4, -0.2) is 24.6 Å². The maximum atomic E-state index is 4.47. The van der Waals surface area contributed by atoms with Crippen molar-refractivity contribution in [2.45, 2.75) is 19.8 Å². The number of aromatic nitrogens is 5. The van der Waals surface area contributed by atoms with E-state index >= 15 is 0 Å². The SMILES string of the molecule is CCCc1ccn2nc(-c3ccccn3)nc2n1. The molecule has 18 heavy (non-hydrogen) atoms. The summed E-state index contributed by atoms with van der Waals surface area (Å²) in [5.74, 6) is 1.23. The summed E-state index contributed by atoms with van der Waals surface area (Å²) in [6, 6.07) is 7.66. The molecule has 0 bridgehead atoms. The molecule has 0 aliphatic carbocycles. The van der Waals surface area contributed by atoms with Crippen LogP contribution in [0.4, 0.5) is 0 Å². The molecule has 0 aliphatic heterocycles. The van der Waals surface area contributed by atoms with Crippen molar-refractivity contribution in [1.82, 2.24) is 24.6 Å². The van der Waals surface area contributed by atoms with Crippen LogP contribution in [0.25, 0.3) is 17.3 Å². The molecule has 0 amide bonds. The Morgan fingerprint density at radius 1 is 1.17 bits per heavy atom. The van der Waals surface area contributed by atoms with E-state index in [0.717, 1.165) is 24.2 Å². The third kappa shape index (κ3) is 1.95. The molecule has 0 fully saturated rings. The smallest absolute Gasteiger partial charge is 0.252 e. The van der Waals surface area contributed by atoms with Crippen LogP contribution < -0.4 is 0 Å². The maximum Gasteiger partial charge on any atom is 0.252 e. The molecule has 3 aromatic heterocycles. The van der Waals surface area contributed by atoms with Crippen molar-refractivity contribution in [2.75, 3.05) is 0 Å². The van der Waals surface area contributed by atoms with Gasteiger partial charge in [0.25, 0.3) is 5.78 Å². The molecule has 0 unspecified atom stereocenters. The molecule has 0 N–H and O–H groups in total. The first-order valence-corrected chi connectivity index (χ1v) is 6.00. The number of fused-ring (bicyclic) bond motifs is 1. The number of pyridine rings is 1. The van der Waals surface area contributed by atoms with E-state index in [1.807, 2.05) is 30.5 Å². The molecular formula is C13H13N5. The Morgan fingerprint density at radius 3 is 2.89 bits per heavy atom. The minimum Gasteiger partial charge on any atom is -0.253 e. The van der Waals surface area contributed by atoms with Gasteiger partial charge in [0.1, 0.15) is 5.69 Å². The Bertz CT molecular complexity index is 659. The minimum atomic E-state index is 0.608. The van der Waals surface area contributed by atoms with Gasteiger partial charge in [-0.05, 0) is 24.6 Å². The molecule has 5 heteroatoms. The van der Waals surface area contributed by atoms with Crippen molar-refractivity contribution in [3.05, 3.63) is 42.4 Å². The fraction of sp³-hybridized carbons (Fsp3) is 0.231. The predicted molar refractivity (Wildman–Crippen MR) is 68.0 cm³/mol. The minimum absolute atomic E-state index is 0.608. The second-order valence-electron chi connectivity index (χ2n) is 4.06. The van der Waals surface area contributed by atoms with Gasteiger partial charge < -0.3 is 0 Å². The first-order valence-electron chi connectivity index (χ1n) is 6.00. The van der Waals surface area contributed by atoms with E-state index in [1.54, 1.807) is 10.7 Å². The number of rotatable bonds is 3. The van der Waals surface area contributed by atoms with Crippen LogP contribution in [0.2, 0.25) is 0 Å². The van der Waals surface area contributed by atoms with Crippen LogP contribution in [0, 0.1) is 0 Å². The van der Waals surface area contributed by atoms with Gasteiger partial charge >= 0.3 is 0 Å². The molecule has 90 valence electrons. The van der Waals surface area contributed by atoms with Gasteiger partial charge in [0.2, 0.25) is 5.82 Å². The van der Waals surface area contributed by atoms with Crippen molar-refractivity contribution < 1.29 is 0 Å². The molecular weight excluding hydrogens is 226 g/mol. The maximum absolute atomic E-state index is 4.47. The lowest BCUT2D eigenvalue weighted by Crippen LogP contribution is -1.95. The first-order chi connectivity index (χ1) is 8.86. The monoisotopic (exact) mass is 239 g/mol. The van der Waals surface area contributed by atoms with Crippen LogP contribution in [-0.2, 0) is 6.42 Å². The van der Waals surface area contributed by atoms with Gasteiger partial charge in [-0.25, -0.2) is 9.50 Å². The Morgan fingerprint density at radius 2 is 2.11 bits per heavy atom. The van der Waals surface area contributed by atoms with Crippen molar-refractivity contribution in [2.24, 2.45) is 0 Å². The number of aryl methyl sites for hydroxylation is 1. The molecule has 0 saturated heterocycles. The van der Waals surface area contributed by atoms with E-state index in [4.69, 9.17) is 0 Å². The third-order valence-corrected chi connectivity index (χ3v) is 2.67. The van der Waals surface area contributed by atoms with E-state index in [-0.39, 0.29) is 0 Å². The first kappa shape index (κ1) is 10.8. The highest BCUT2D eigenvalue weighted by Crippen LogP contribution is 2.12. The van der Waals surface area contributed by atoms with Gasteiger partial charge in [-0.15, -0.1) is 5.10 Å². The zero-order valence-electron chi connectivity index (χ0n) is 10.1. The van der Waals surface area contributed by atoms with Crippen molar-refractivity contribution in [3.8, 4) is 11.5 Å². The molecule has 0 saturated carbocycles.